The summed E-state index contributed by atoms with van der Waals surface area (Å²) >= 11 is 1.48. The van der Waals surface area contributed by atoms with E-state index in [1.165, 1.54) is 23.5 Å². The predicted molar refractivity (Wildman–Crippen MR) is 108 cm³/mol. The molecule has 0 spiro atoms. The van der Waals surface area contributed by atoms with Gasteiger partial charge >= 0.3 is 5.97 Å². The third-order valence-electron chi connectivity index (χ3n) is 4.77. The van der Waals surface area contributed by atoms with E-state index in [2.05, 4.69) is 17.6 Å². The Bertz CT molecular complexity index is 848. The largest absolute Gasteiger partial charge is 0.462 e. The molecule has 0 radical (unpaired) electrons. The molecule has 0 saturated carbocycles. The lowest BCUT2D eigenvalue weighted by Gasteiger charge is -2.18. The molecule has 1 aliphatic rings. The van der Waals surface area contributed by atoms with Gasteiger partial charge in [-0.05, 0) is 55.4 Å². The molecule has 0 fully saturated rings. The topological polar surface area (TPSA) is 67.4 Å². The maximum atomic E-state index is 12.9. The summed E-state index contributed by atoms with van der Waals surface area (Å²) in [5.41, 5.74) is 2.43. The molecule has 3 rings (SSSR count). The van der Waals surface area contributed by atoms with Gasteiger partial charge in [0.05, 0.1) is 18.7 Å². The summed E-state index contributed by atoms with van der Waals surface area (Å²) in [6.07, 6.45) is 2.79. The number of carbonyl (C=O) groups is 2. The van der Waals surface area contributed by atoms with Crippen molar-refractivity contribution < 1.29 is 18.7 Å². The molecule has 1 aromatic heterocycles. The van der Waals surface area contributed by atoms with E-state index >= 15 is 0 Å². The second-order valence-corrected chi connectivity index (χ2v) is 8.16. The highest BCUT2D eigenvalue weighted by molar-refractivity contribution is 7.17. The number of thiophene rings is 1. The van der Waals surface area contributed by atoms with Gasteiger partial charge in [0.15, 0.2) is 0 Å². The lowest BCUT2D eigenvalue weighted by molar-refractivity contribution is -0.115. The minimum atomic E-state index is -0.371. The van der Waals surface area contributed by atoms with Gasteiger partial charge in [-0.25, -0.2) is 9.18 Å². The first-order valence-corrected chi connectivity index (χ1v) is 10.4. The standard InChI is InChI=1S/C21H25FN2O3S/c1-3-27-21(26)19-16-9-4-13(2)10-17(16)28-20(19)24-18(25)12-23-11-14-5-7-15(22)8-6-14/h5-8,13,23H,3-4,9-12H2,1-2H3,(H,24,25)/t13-/m0/s1. The van der Waals surface area contributed by atoms with Crippen molar-refractivity contribution in [2.75, 3.05) is 18.5 Å². The van der Waals surface area contributed by atoms with Crippen molar-refractivity contribution >= 4 is 28.2 Å². The summed E-state index contributed by atoms with van der Waals surface area (Å²) in [4.78, 5) is 26.0. The maximum absolute atomic E-state index is 12.9. The third-order valence-corrected chi connectivity index (χ3v) is 5.94. The van der Waals surface area contributed by atoms with Crippen molar-refractivity contribution in [3.05, 3.63) is 51.7 Å². The molecule has 1 amide bonds. The van der Waals surface area contributed by atoms with E-state index < -0.39 is 0 Å². The molecule has 150 valence electrons. The van der Waals surface area contributed by atoms with Gasteiger partial charge in [0.1, 0.15) is 10.8 Å². The number of benzene rings is 1. The van der Waals surface area contributed by atoms with Crippen LogP contribution < -0.4 is 10.6 Å². The number of rotatable bonds is 7. The summed E-state index contributed by atoms with van der Waals surface area (Å²) in [5.74, 6) is -0.311. The van der Waals surface area contributed by atoms with Crippen LogP contribution in [0.25, 0.3) is 0 Å². The average Bonchev–Trinajstić information content (AvgIpc) is 3.00. The highest BCUT2D eigenvalue weighted by Crippen LogP contribution is 2.40. The molecule has 0 unspecified atom stereocenters. The molecule has 0 bridgehead atoms. The Balaban J connectivity index is 1.66. The van der Waals surface area contributed by atoms with Crippen LogP contribution in [0.15, 0.2) is 24.3 Å². The average molecular weight is 405 g/mol. The first kappa shape index (κ1) is 20.5. The van der Waals surface area contributed by atoms with Crippen molar-refractivity contribution in [1.29, 1.82) is 0 Å². The molecule has 1 aliphatic carbocycles. The van der Waals surface area contributed by atoms with E-state index in [9.17, 15) is 14.0 Å². The van der Waals surface area contributed by atoms with Gasteiger partial charge in [-0.3, -0.25) is 4.79 Å². The van der Waals surface area contributed by atoms with E-state index in [4.69, 9.17) is 4.74 Å². The summed E-state index contributed by atoms with van der Waals surface area (Å²) in [6, 6.07) is 6.13. The van der Waals surface area contributed by atoms with Crippen LogP contribution in [-0.2, 0) is 28.9 Å². The molecule has 2 N–H and O–H groups in total. The molecule has 1 aromatic carbocycles. The van der Waals surface area contributed by atoms with Gasteiger partial charge in [-0.1, -0.05) is 19.1 Å². The van der Waals surface area contributed by atoms with Gasteiger partial charge in [-0.2, -0.15) is 0 Å². The van der Waals surface area contributed by atoms with Crippen molar-refractivity contribution in [3.63, 3.8) is 0 Å². The van der Waals surface area contributed by atoms with E-state index in [1.54, 1.807) is 19.1 Å². The molecule has 5 nitrogen and oxygen atoms in total. The number of carbonyl (C=O) groups excluding carboxylic acids is 2. The Morgan fingerprint density at radius 1 is 1.29 bits per heavy atom. The van der Waals surface area contributed by atoms with E-state index in [0.29, 0.717) is 29.6 Å². The molecule has 7 heteroatoms. The van der Waals surface area contributed by atoms with Crippen molar-refractivity contribution in [2.45, 2.75) is 39.7 Å². The van der Waals surface area contributed by atoms with Crippen LogP contribution in [0.3, 0.4) is 0 Å². The number of anilines is 1. The molecule has 1 atom stereocenters. The maximum Gasteiger partial charge on any atom is 0.341 e. The Morgan fingerprint density at radius 2 is 2.04 bits per heavy atom. The zero-order chi connectivity index (χ0) is 20.1. The van der Waals surface area contributed by atoms with Gasteiger partial charge in [-0.15, -0.1) is 11.3 Å². The zero-order valence-electron chi connectivity index (χ0n) is 16.1. The molecule has 0 aliphatic heterocycles. The fraction of sp³-hybridized carbons (Fsp3) is 0.429. The third kappa shape index (κ3) is 4.97. The minimum absolute atomic E-state index is 0.0958. The Labute approximate surface area is 168 Å². The van der Waals surface area contributed by atoms with Gasteiger partial charge < -0.3 is 15.4 Å². The van der Waals surface area contributed by atoms with Gasteiger partial charge in [0, 0.05) is 11.4 Å². The first-order chi connectivity index (χ1) is 13.5. The van der Waals surface area contributed by atoms with Crippen LogP contribution in [0.2, 0.25) is 0 Å². The first-order valence-electron chi connectivity index (χ1n) is 9.54. The Hall–Kier alpha value is -2.25. The number of ether oxygens (including phenoxy) is 1. The monoisotopic (exact) mass is 404 g/mol. The molecular formula is C21H25FN2O3S. The molecule has 0 saturated heterocycles. The number of esters is 1. The van der Waals surface area contributed by atoms with Crippen LogP contribution in [0.5, 0.6) is 0 Å². The van der Waals surface area contributed by atoms with Crippen molar-refractivity contribution in [1.82, 2.24) is 5.32 Å². The number of hydrogen-bond donors (Lipinski definition) is 2. The van der Waals surface area contributed by atoms with Gasteiger partial charge in [0.2, 0.25) is 5.91 Å². The number of halogens is 1. The van der Waals surface area contributed by atoms with Crippen LogP contribution >= 0.6 is 11.3 Å². The van der Waals surface area contributed by atoms with E-state index in [0.717, 1.165) is 35.3 Å². The molecule has 28 heavy (non-hydrogen) atoms. The predicted octanol–water partition coefficient (Wildman–Crippen LogP) is 3.92. The molecule has 1 heterocycles. The Morgan fingerprint density at radius 3 is 2.75 bits per heavy atom. The summed E-state index contributed by atoms with van der Waals surface area (Å²) in [7, 11) is 0. The second-order valence-electron chi connectivity index (χ2n) is 7.05. The van der Waals surface area contributed by atoms with Crippen molar-refractivity contribution in [2.24, 2.45) is 5.92 Å². The van der Waals surface area contributed by atoms with Crippen LogP contribution in [0.4, 0.5) is 9.39 Å². The number of nitrogens with one attached hydrogen (secondary N) is 2. The van der Waals surface area contributed by atoms with Crippen LogP contribution in [-0.4, -0.2) is 25.0 Å². The summed E-state index contributed by atoms with van der Waals surface area (Å²) in [5, 5.41) is 6.49. The minimum Gasteiger partial charge on any atom is -0.462 e. The van der Waals surface area contributed by atoms with Crippen LogP contribution in [0.1, 0.15) is 46.6 Å². The highest BCUT2D eigenvalue weighted by Gasteiger charge is 2.29. The smallest absolute Gasteiger partial charge is 0.341 e. The fourth-order valence-electron chi connectivity index (χ4n) is 3.35. The van der Waals surface area contributed by atoms with E-state index in [-0.39, 0.29) is 24.2 Å². The highest BCUT2D eigenvalue weighted by atomic mass is 32.1. The summed E-state index contributed by atoms with van der Waals surface area (Å²) in [6.45, 7) is 4.82. The van der Waals surface area contributed by atoms with Gasteiger partial charge in [0.25, 0.3) is 0 Å². The van der Waals surface area contributed by atoms with Crippen molar-refractivity contribution in [3.8, 4) is 0 Å². The quantitative estimate of drug-likeness (QED) is 0.687. The zero-order valence-corrected chi connectivity index (χ0v) is 17.0. The molecular weight excluding hydrogens is 379 g/mol. The summed E-state index contributed by atoms with van der Waals surface area (Å²) < 4.78 is 18.2. The second kappa shape index (κ2) is 9.30. The molecule has 2 aromatic rings. The van der Waals surface area contributed by atoms with Crippen LogP contribution in [0, 0.1) is 11.7 Å². The fourth-order valence-corrected chi connectivity index (χ4v) is 4.77. The number of amides is 1. The number of hydrogen-bond acceptors (Lipinski definition) is 5. The van der Waals surface area contributed by atoms with E-state index in [1.807, 2.05) is 0 Å². The lowest BCUT2D eigenvalue weighted by Crippen LogP contribution is -2.28. The Kier molecular flexibility index (Phi) is 6.80. The SMILES string of the molecule is CCOC(=O)c1c(NC(=O)CNCc2ccc(F)cc2)sc2c1CC[C@H](C)C2. The number of fused-ring (bicyclic) bond motifs is 1. The lowest BCUT2D eigenvalue weighted by atomic mass is 9.88. The normalized spacial score (nSPS) is 15.8.